The summed E-state index contributed by atoms with van der Waals surface area (Å²) in [4.78, 5) is 40.6. The first kappa shape index (κ1) is 22.9. The first-order chi connectivity index (χ1) is 14.8. The van der Waals surface area contributed by atoms with E-state index < -0.39 is 0 Å². The SMILES string of the molecule is CCOC(=O)C1CCCN(C(=O)CN(C)C(=O)c2nnn(-c3cccc(Br)c3)c2C)C1. The summed E-state index contributed by atoms with van der Waals surface area (Å²) in [6.07, 6.45) is 1.43. The van der Waals surface area contributed by atoms with Gasteiger partial charge in [0, 0.05) is 24.6 Å². The van der Waals surface area contributed by atoms with E-state index in [-0.39, 0.29) is 35.9 Å². The molecule has 10 heteroatoms. The molecule has 9 nitrogen and oxygen atoms in total. The second-order valence-corrected chi connectivity index (χ2v) is 8.42. The van der Waals surface area contributed by atoms with Gasteiger partial charge in [-0.25, -0.2) is 4.68 Å². The first-order valence-corrected chi connectivity index (χ1v) is 11.0. The molecule has 0 bridgehead atoms. The third-order valence-corrected chi connectivity index (χ3v) is 5.76. The average Bonchev–Trinajstić information content (AvgIpc) is 3.14. The molecular weight excluding hydrogens is 466 g/mol. The lowest BCUT2D eigenvalue weighted by Gasteiger charge is -2.32. The molecule has 31 heavy (non-hydrogen) atoms. The van der Waals surface area contributed by atoms with Crippen LogP contribution in [0.15, 0.2) is 28.7 Å². The Labute approximate surface area is 189 Å². The van der Waals surface area contributed by atoms with Crippen LogP contribution < -0.4 is 0 Å². The molecule has 0 spiro atoms. The summed E-state index contributed by atoms with van der Waals surface area (Å²) in [5, 5.41) is 8.14. The van der Waals surface area contributed by atoms with Gasteiger partial charge in [0.1, 0.15) is 0 Å². The number of carbonyl (C=O) groups is 3. The molecule has 1 saturated heterocycles. The Bertz CT molecular complexity index is 976. The average molecular weight is 492 g/mol. The number of esters is 1. The van der Waals surface area contributed by atoms with Gasteiger partial charge >= 0.3 is 5.97 Å². The van der Waals surface area contributed by atoms with Crippen molar-refractivity contribution in [2.45, 2.75) is 26.7 Å². The minimum absolute atomic E-state index is 0.0996. The summed E-state index contributed by atoms with van der Waals surface area (Å²) in [7, 11) is 1.56. The van der Waals surface area contributed by atoms with Gasteiger partial charge in [-0.15, -0.1) is 5.10 Å². The lowest BCUT2D eigenvalue weighted by molar-refractivity contribution is -0.151. The maximum absolute atomic E-state index is 12.9. The van der Waals surface area contributed by atoms with E-state index in [1.54, 1.807) is 30.5 Å². The number of amides is 2. The molecule has 1 aliphatic heterocycles. The Kier molecular flexibility index (Phi) is 7.42. The third kappa shape index (κ3) is 5.30. The summed E-state index contributed by atoms with van der Waals surface area (Å²) >= 11 is 3.42. The summed E-state index contributed by atoms with van der Waals surface area (Å²) in [5.41, 5.74) is 1.55. The van der Waals surface area contributed by atoms with Crippen LogP contribution in [-0.2, 0) is 14.3 Å². The molecule has 1 atom stereocenters. The molecule has 1 aromatic heterocycles. The largest absolute Gasteiger partial charge is 0.466 e. The molecular formula is C21H26BrN5O4. The fourth-order valence-corrected chi connectivity index (χ4v) is 3.98. The van der Waals surface area contributed by atoms with Crippen LogP contribution in [0.3, 0.4) is 0 Å². The maximum atomic E-state index is 12.9. The van der Waals surface area contributed by atoms with E-state index in [0.717, 1.165) is 16.6 Å². The fraction of sp³-hybridized carbons (Fsp3) is 0.476. The number of carbonyl (C=O) groups excluding carboxylic acids is 3. The van der Waals surface area contributed by atoms with Gasteiger partial charge in [-0.1, -0.05) is 27.2 Å². The Hall–Kier alpha value is -2.75. The molecule has 2 aromatic rings. The number of hydrogen-bond acceptors (Lipinski definition) is 6. The second kappa shape index (κ2) is 10.0. The molecule has 0 saturated carbocycles. The van der Waals surface area contributed by atoms with E-state index in [4.69, 9.17) is 4.74 Å². The molecule has 3 rings (SSSR count). The van der Waals surface area contributed by atoms with Crippen LogP contribution in [0.4, 0.5) is 0 Å². The van der Waals surface area contributed by atoms with E-state index >= 15 is 0 Å². The van der Waals surface area contributed by atoms with Gasteiger partial charge in [-0.3, -0.25) is 14.4 Å². The van der Waals surface area contributed by atoms with Crippen LogP contribution in [0, 0.1) is 12.8 Å². The quantitative estimate of drug-likeness (QED) is 0.574. The van der Waals surface area contributed by atoms with E-state index in [9.17, 15) is 14.4 Å². The van der Waals surface area contributed by atoms with Crippen LogP contribution in [0.25, 0.3) is 5.69 Å². The summed E-state index contributed by atoms with van der Waals surface area (Å²) in [5.74, 6) is -1.18. The van der Waals surface area contributed by atoms with Crippen molar-refractivity contribution >= 4 is 33.7 Å². The molecule has 1 unspecified atom stereocenters. The van der Waals surface area contributed by atoms with Gasteiger partial charge in [0.25, 0.3) is 5.91 Å². The standard InChI is InChI=1S/C21H26BrN5O4/c1-4-31-21(30)15-7-6-10-26(12-15)18(28)13-25(3)20(29)19-14(2)27(24-23-19)17-9-5-8-16(22)11-17/h5,8-9,11,15H,4,6-7,10,12-13H2,1-3H3. The smallest absolute Gasteiger partial charge is 0.310 e. The molecule has 2 amide bonds. The summed E-state index contributed by atoms with van der Waals surface area (Å²) < 4.78 is 7.56. The number of rotatable bonds is 6. The lowest BCUT2D eigenvalue weighted by atomic mass is 9.98. The minimum Gasteiger partial charge on any atom is -0.466 e. The van der Waals surface area contributed by atoms with Crippen molar-refractivity contribution in [1.29, 1.82) is 0 Å². The van der Waals surface area contributed by atoms with Gasteiger partial charge in [0.15, 0.2) is 5.69 Å². The Morgan fingerprint density at radius 1 is 1.32 bits per heavy atom. The zero-order valence-electron chi connectivity index (χ0n) is 17.9. The Morgan fingerprint density at radius 2 is 2.10 bits per heavy atom. The Balaban J connectivity index is 1.65. The number of benzene rings is 1. The molecule has 0 N–H and O–H groups in total. The van der Waals surface area contributed by atoms with Crippen molar-refractivity contribution in [3.05, 3.63) is 40.1 Å². The lowest BCUT2D eigenvalue weighted by Crippen LogP contribution is -2.47. The summed E-state index contributed by atoms with van der Waals surface area (Å²) in [6.45, 7) is 4.63. The number of nitrogens with zero attached hydrogens (tertiary/aromatic N) is 5. The highest BCUT2D eigenvalue weighted by Gasteiger charge is 2.31. The number of hydrogen-bond donors (Lipinski definition) is 0. The molecule has 1 aliphatic rings. The van der Waals surface area contributed by atoms with Crippen molar-refractivity contribution < 1.29 is 19.1 Å². The van der Waals surface area contributed by atoms with Crippen molar-refractivity contribution in [3.63, 3.8) is 0 Å². The molecule has 2 heterocycles. The second-order valence-electron chi connectivity index (χ2n) is 7.51. The van der Waals surface area contributed by atoms with Crippen LogP contribution in [0.2, 0.25) is 0 Å². The van der Waals surface area contributed by atoms with Crippen LogP contribution >= 0.6 is 15.9 Å². The number of likely N-dealkylation sites (N-methyl/N-ethyl adjacent to an activating group) is 1. The van der Waals surface area contributed by atoms with E-state index in [0.29, 0.717) is 31.8 Å². The minimum atomic E-state index is -0.383. The van der Waals surface area contributed by atoms with E-state index in [1.165, 1.54) is 4.90 Å². The molecule has 0 aliphatic carbocycles. The van der Waals surface area contributed by atoms with Gasteiger partial charge < -0.3 is 14.5 Å². The zero-order chi connectivity index (χ0) is 22.5. The zero-order valence-corrected chi connectivity index (χ0v) is 19.5. The maximum Gasteiger partial charge on any atom is 0.310 e. The third-order valence-electron chi connectivity index (χ3n) is 5.26. The van der Waals surface area contributed by atoms with Gasteiger partial charge in [0.05, 0.1) is 30.5 Å². The van der Waals surface area contributed by atoms with Crippen LogP contribution in [0.1, 0.15) is 35.9 Å². The molecule has 1 fully saturated rings. The summed E-state index contributed by atoms with van der Waals surface area (Å²) in [6, 6.07) is 7.51. The predicted molar refractivity (Wildman–Crippen MR) is 117 cm³/mol. The fourth-order valence-electron chi connectivity index (χ4n) is 3.59. The number of ether oxygens (including phenoxy) is 1. The predicted octanol–water partition coefficient (Wildman–Crippen LogP) is 2.21. The van der Waals surface area contributed by atoms with Gasteiger partial charge in [0.2, 0.25) is 5.91 Å². The van der Waals surface area contributed by atoms with E-state index in [1.807, 2.05) is 24.3 Å². The van der Waals surface area contributed by atoms with Crippen molar-refractivity contribution in [2.75, 3.05) is 33.3 Å². The highest BCUT2D eigenvalue weighted by molar-refractivity contribution is 9.10. The van der Waals surface area contributed by atoms with Crippen molar-refractivity contribution in [3.8, 4) is 5.69 Å². The van der Waals surface area contributed by atoms with Crippen LogP contribution in [-0.4, -0.2) is 75.9 Å². The number of likely N-dealkylation sites (tertiary alicyclic amines) is 1. The Morgan fingerprint density at radius 3 is 2.81 bits per heavy atom. The number of piperidine rings is 1. The number of halogens is 1. The van der Waals surface area contributed by atoms with Crippen molar-refractivity contribution in [1.82, 2.24) is 24.8 Å². The molecule has 0 radical (unpaired) electrons. The molecule has 166 valence electrons. The number of aromatic nitrogens is 3. The first-order valence-electron chi connectivity index (χ1n) is 10.2. The highest BCUT2D eigenvalue weighted by atomic mass is 79.9. The van der Waals surface area contributed by atoms with Gasteiger partial charge in [-0.2, -0.15) is 0 Å². The van der Waals surface area contributed by atoms with E-state index in [2.05, 4.69) is 26.2 Å². The topological polar surface area (TPSA) is 97.6 Å². The van der Waals surface area contributed by atoms with Crippen LogP contribution in [0.5, 0.6) is 0 Å². The van der Waals surface area contributed by atoms with Gasteiger partial charge in [-0.05, 0) is 44.9 Å². The highest BCUT2D eigenvalue weighted by Crippen LogP contribution is 2.20. The van der Waals surface area contributed by atoms with Crippen molar-refractivity contribution in [2.24, 2.45) is 5.92 Å². The normalized spacial score (nSPS) is 16.1. The molecule has 1 aromatic carbocycles. The monoisotopic (exact) mass is 491 g/mol.